The third kappa shape index (κ3) is 5.85. The van der Waals surface area contributed by atoms with E-state index in [-0.39, 0.29) is 17.9 Å². The molecule has 5 rings (SSSR count). The Morgan fingerprint density at radius 2 is 1.89 bits per heavy atom. The highest BCUT2D eigenvalue weighted by Crippen LogP contribution is 2.27. The molecule has 1 aliphatic heterocycles. The van der Waals surface area contributed by atoms with Gasteiger partial charge in [0, 0.05) is 42.9 Å². The Labute approximate surface area is 222 Å². The van der Waals surface area contributed by atoms with E-state index in [0.29, 0.717) is 12.0 Å². The van der Waals surface area contributed by atoms with Crippen molar-refractivity contribution in [1.82, 2.24) is 25.6 Å². The van der Waals surface area contributed by atoms with Crippen molar-refractivity contribution in [3.63, 3.8) is 0 Å². The van der Waals surface area contributed by atoms with E-state index in [1.54, 1.807) is 19.3 Å². The third-order valence-electron chi connectivity index (χ3n) is 7.16. The zero-order valence-electron chi connectivity index (χ0n) is 21.7. The van der Waals surface area contributed by atoms with E-state index in [1.807, 2.05) is 18.3 Å². The lowest BCUT2D eigenvalue weighted by molar-refractivity contribution is -0.120. The van der Waals surface area contributed by atoms with Gasteiger partial charge in [0.1, 0.15) is 11.6 Å². The molecule has 3 heterocycles. The third-order valence-corrected chi connectivity index (χ3v) is 7.16. The predicted octanol–water partition coefficient (Wildman–Crippen LogP) is 5.15. The van der Waals surface area contributed by atoms with Crippen LogP contribution in [0.15, 0.2) is 60.9 Å². The molecule has 2 aromatic carbocycles. The minimum absolute atomic E-state index is 0.0528. The van der Waals surface area contributed by atoms with E-state index >= 15 is 0 Å². The molecule has 8 nitrogen and oxygen atoms in total. The lowest BCUT2D eigenvalue weighted by Gasteiger charge is -2.21. The van der Waals surface area contributed by atoms with Gasteiger partial charge in [0.2, 0.25) is 5.91 Å². The Bertz CT molecular complexity index is 1430. The van der Waals surface area contributed by atoms with Crippen LogP contribution in [0.3, 0.4) is 0 Å². The van der Waals surface area contributed by atoms with E-state index in [4.69, 9.17) is 0 Å². The zero-order chi connectivity index (χ0) is 26.3. The van der Waals surface area contributed by atoms with Gasteiger partial charge >= 0.3 is 0 Å². The van der Waals surface area contributed by atoms with Gasteiger partial charge in [-0.2, -0.15) is 0 Å². The molecule has 0 aliphatic carbocycles. The van der Waals surface area contributed by atoms with Gasteiger partial charge in [-0.15, -0.1) is 0 Å². The summed E-state index contributed by atoms with van der Waals surface area (Å²) in [5, 5.41) is 11.6. The van der Waals surface area contributed by atoms with Gasteiger partial charge in [-0.25, -0.2) is 9.97 Å². The number of rotatable bonds is 10. The maximum atomic E-state index is 13.5. The molecule has 196 valence electrons. The lowest BCUT2D eigenvalue weighted by atomic mass is 10.00. The Kier molecular flexibility index (Phi) is 7.97. The molecular formula is C30H34N6O2. The first kappa shape index (κ1) is 25.4. The summed E-state index contributed by atoms with van der Waals surface area (Å²) in [6.45, 7) is 0.869. The number of anilines is 1. The number of pyridine rings is 1. The quantitative estimate of drug-likeness (QED) is 0.221. The number of imidazole rings is 1. The van der Waals surface area contributed by atoms with Crippen LogP contribution in [0, 0.1) is 0 Å². The predicted molar refractivity (Wildman–Crippen MR) is 150 cm³/mol. The van der Waals surface area contributed by atoms with Gasteiger partial charge < -0.3 is 20.9 Å². The van der Waals surface area contributed by atoms with Crippen molar-refractivity contribution in [2.24, 2.45) is 0 Å². The van der Waals surface area contributed by atoms with Crippen molar-refractivity contribution in [1.29, 1.82) is 0 Å². The monoisotopic (exact) mass is 510 g/mol. The van der Waals surface area contributed by atoms with Crippen molar-refractivity contribution in [2.75, 3.05) is 18.9 Å². The molecule has 0 saturated heterocycles. The van der Waals surface area contributed by atoms with E-state index in [1.165, 1.54) is 5.39 Å². The summed E-state index contributed by atoms with van der Waals surface area (Å²) in [5.74, 6) is 1.46. The van der Waals surface area contributed by atoms with E-state index in [2.05, 4.69) is 61.2 Å². The molecule has 4 N–H and O–H groups in total. The van der Waals surface area contributed by atoms with Gasteiger partial charge in [-0.1, -0.05) is 49.2 Å². The number of amides is 2. The van der Waals surface area contributed by atoms with Gasteiger partial charge in [0.15, 0.2) is 0 Å². The average molecular weight is 511 g/mol. The largest absolute Gasteiger partial charge is 0.370 e. The van der Waals surface area contributed by atoms with Crippen LogP contribution >= 0.6 is 0 Å². The lowest BCUT2D eigenvalue weighted by Crippen LogP contribution is -2.31. The topological polar surface area (TPSA) is 112 Å². The fourth-order valence-corrected chi connectivity index (χ4v) is 5.05. The molecule has 0 radical (unpaired) electrons. The summed E-state index contributed by atoms with van der Waals surface area (Å²) in [6, 6.07) is 16.1. The van der Waals surface area contributed by atoms with E-state index in [0.717, 1.165) is 78.9 Å². The number of fused-ring (bicyclic) bond motifs is 2. The number of aromatic amines is 1. The molecule has 1 unspecified atom stereocenters. The fourth-order valence-electron chi connectivity index (χ4n) is 5.05. The molecule has 8 heteroatoms. The fraction of sp³-hybridized carbons (Fsp3) is 0.333. The zero-order valence-corrected chi connectivity index (χ0v) is 21.7. The summed E-state index contributed by atoms with van der Waals surface area (Å²) in [7, 11) is 1.66. The first-order valence-electron chi connectivity index (χ1n) is 13.4. The van der Waals surface area contributed by atoms with Crippen LogP contribution < -0.4 is 16.0 Å². The Morgan fingerprint density at radius 3 is 2.76 bits per heavy atom. The molecule has 2 amide bonds. The smallest absolute Gasteiger partial charge is 0.252 e. The average Bonchev–Trinajstić information content (AvgIpc) is 3.46. The molecule has 0 fully saturated rings. The summed E-state index contributed by atoms with van der Waals surface area (Å²) >= 11 is 0. The number of benzene rings is 2. The molecule has 1 atom stereocenters. The number of carbonyl (C=O) groups excluding carboxylic acids is 2. The minimum Gasteiger partial charge on any atom is -0.370 e. The van der Waals surface area contributed by atoms with Gasteiger partial charge in [-0.05, 0) is 48.6 Å². The van der Waals surface area contributed by atoms with Crippen LogP contribution in [-0.2, 0) is 11.2 Å². The number of carbonyl (C=O) groups is 2. The highest BCUT2D eigenvalue weighted by atomic mass is 16.2. The van der Waals surface area contributed by atoms with Gasteiger partial charge in [-0.3, -0.25) is 9.59 Å². The van der Waals surface area contributed by atoms with E-state index < -0.39 is 0 Å². The van der Waals surface area contributed by atoms with Crippen molar-refractivity contribution in [3.8, 4) is 11.3 Å². The van der Waals surface area contributed by atoms with Crippen molar-refractivity contribution >= 4 is 28.4 Å². The molecule has 4 aromatic rings. The molecule has 2 aromatic heterocycles. The second-order valence-corrected chi connectivity index (χ2v) is 9.76. The van der Waals surface area contributed by atoms with Crippen LogP contribution in [0.25, 0.3) is 22.0 Å². The SMILES string of the molecule is CNC(=O)CCCCCC(NC(=O)c1ccnc2c1CCCN2)c1ncc(-c2ccc3ccccc3c2)[nH]1. The van der Waals surface area contributed by atoms with Crippen LogP contribution in [0.4, 0.5) is 5.82 Å². The summed E-state index contributed by atoms with van der Waals surface area (Å²) in [4.78, 5) is 37.6. The van der Waals surface area contributed by atoms with Crippen molar-refractivity contribution < 1.29 is 9.59 Å². The number of hydrogen-bond donors (Lipinski definition) is 4. The second kappa shape index (κ2) is 11.9. The molecule has 0 bridgehead atoms. The molecule has 0 spiro atoms. The summed E-state index contributed by atoms with van der Waals surface area (Å²) in [6.07, 6.45) is 9.12. The number of aromatic nitrogens is 3. The number of H-pyrrole nitrogens is 1. The van der Waals surface area contributed by atoms with Crippen LogP contribution in [0.1, 0.15) is 66.3 Å². The van der Waals surface area contributed by atoms with Crippen LogP contribution in [-0.4, -0.2) is 40.4 Å². The maximum absolute atomic E-state index is 13.5. The van der Waals surface area contributed by atoms with Gasteiger partial charge in [0.25, 0.3) is 5.91 Å². The number of nitrogens with one attached hydrogen (secondary N) is 4. The Hall–Kier alpha value is -4.20. The number of unbranched alkanes of at least 4 members (excludes halogenated alkanes) is 2. The maximum Gasteiger partial charge on any atom is 0.252 e. The molecular weight excluding hydrogens is 476 g/mol. The molecule has 1 aliphatic rings. The van der Waals surface area contributed by atoms with Gasteiger partial charge in [0.05, 0.1) is 17.9 Å². The Morgan fingerprint density at radius 1 is 1.03 bits per heavy atom. The summed E-state index contributed by atoms with van der Waals surface area (Å²) < 4.78 is 0. The number of nitrogens with zero attached hydrogens (tertiary/aromatic N) is 2. The van der Waals surface area contributed by atoms with E-state index in [9.17, 15) is 9.59 Å². The molecule has 0 saturated carbocycles. The normalized spacial score (nSPS) is 13.4. The second-order valence-electron chi connectivity index (χ2n) is 9.76. The standard InChI is InChI=1S/C30H34N6O2/c1-31-27(37)12-4-2-3-11-25(36-30(38)24-15-17-33-28-23(24)10-7-16-32-28)29-34-19-26(35-29)22-14-13-20-8-5-6-9-21(20)18-22/h5-6,8-9,13-15,17-19,25H,2-4,7,10-12,16H2,1H3,(H,31,37)(H,32,33)(H,34,35)(H,36,38). The van der Waals surface area contributed by atoms with Crippen molar-refractivity contribution in [3.05, 3.63) is 77.9 Å². The first-order valence-corrected chi connectivity index (χ1v) is 13.4. The highest BCUT2D eigenvalue weighted by Gasteiger charge is 2.23. The first-order chi connectivity index (χ1) is 18.6. The van der Waals surface area contributed by atoms with Crippen LogP contribution in [0.2, 0.25) is 0 Å². The number of hydrogen-bond acceptors (Lipinski definition) is 5. The Balaban J connectivity index is 1.35. The van der Waals surface area contributed by atoms with Crippen molar-refractivity contribution in [2.45, 2.75) is 51.0 Å². The highest BCUT2D eigenvalue weighted by molar-refractivity contribution is 5.97. The molecule has 38 heavy (non-hydrogen) atoms. The summed E-state index contributed by atoms with van der Waals surface area (Å²) in [5.41, 5.74) is 3.59. The van der Waals surface area contributed by atoms with Crippen LogP contribution in [0.5, 0.6) is 0 Å². The minimum atomic E-state index is -0.280.